The third-order valence-electron chi connectivity index (χ3n) is 6.91. The molecule has 1 heterocycles. The van der Waals surface area contributed by atoms with Crippen LogP contribution >= 0.6 is 0 Å². The van der Waals surface area contributed by atoms with Crippen LogP contribution in [-0.4, -0.2) is 68.0 Å². The lowest BCUT2D eigenvalue weighted by Crippen LogP contribution is -2.41. The maximum atomic E-state index is 14.0. The number of carbonyl (C=O) groups is 1. The van der Waals surface area contributed by atoms with Gasteiger partial charge in [0.2, 0.25) is 5.91 Å². The molecule has 0 bridgehead atoms. The molecule has 1 saturated heterocycles. The fourth-order valence-electron chi connectivity index (χ4n) is 4.98. The molecule has 1 aliphatic heterocycles. The lowest BCUT2D eigenvalue weighted by atomic mass is 9.98. The maximum absolute atomic E-state index is 14.0. The minimum Gasteiger partial charge on any atom is -0.495 e. The summed E-state index contributed by atoms with van der Waals surface area (Å²) < 4.78 is 19.3. The molecule has 0 aromatic heterocycles. The van der Waals surface area contributed by atoms with E-state index in [4.69, 9.17) is 4.74 Å². The number of likely N-dealkylation sites (N-methyl/N-ethyl adjacent to an activating group) is 2. The number of nitrogens with zero attached hydrogens (tertiary/aromatic N) is 4. The minimum absolute atomic E-state index is 0.0792. The highest BCUT2D eigenvalue weighted by atomic mass is 19.1. The quantitative estimate of drug-likeness (QED) is 0.514. The normalized spacial score (nSPS) is 16.9. The number of ether oxygens (including phenoxy) is 1. The van der Waals surface area contributed by atoms with Crippen molar-refractivity contribution in [3.63, 3.8) is 0 Å². The van der Waals surface area contributed by atoms with Gasteiger partial charge in [-0.15, -0.1) is 0 Å². The van der Waals surface area contributed by atoms with Gasteiger partial charge in [-0.3, -0.25) is 9.69 Å². The largest absolute Gasteiger partial charge is 0.495 e. The summed E-state index contributed by atoms with van der Waals surface area (Å²) in [6.07, 6.45) is 0.963. The minimum atomic E-state index is -0.526. The van der Waals surface area contributed by atoms with Gasteiger partial charge in [-0.05, 0) is 55.1 Å². The Balaban J connectivity index is 1.70. The molecule has 0 aliphatic carbocycles. The monoisotopic (exact) mass is 474 g/mol. The molecule has 6 nitrogen and oxygen atoms in total. The first-order valence-electron chi connectivity index (χ1n) is 11.7. The molecule has 0 spiro atoms. The zero-order valence-electron chi connectivity index (χ0n) is 20.7. The Labute approximate surface area is 206 Å². The molecule has 1 fully saturated rings. The Bertz CT molecular complexity index is 1250. The number of methoxy groups -OCH3 is 1. The summed E-state index contributed by atoms with van der Waals surface area (Å²) in [7, 11) is 7.41. The molecule has 1 amide bonds. The van der Waals surface area contributed by atoms with Gasteiger partial charge < -0.3 is 14.5 Å². The first-order chi connectivity index (χ1) is 16.8. The van der Waals surface area contributed by atoms with Gasteiger partial charge in [0.15, 0.2) is 0 Å². The second-order valence-corrected chi connectivity index (χ2v) is 9.32. The van der Waals surface area contributed by atoms with Crippen molar-refractivity contribution in [2.45, 2.75) is 25.0 Å². The number of carbonyl (C=O) groups excluding carboxylic acids is 1. The van der Waals surface area contributed by atoms with Crippen molar-refractivity contribution in [1.29, 1.82) is 5.26 Å². The molecule has 3 aromatic carbocycles. The van der Waals surface area contributed by atoms with E-state index in [1.807, 2.05) is 30.3 Å². The predicted molar refractivity (Wildman–Crippen MR) is 134 cm³/mol. The molecule has 1 aliphatic rings. The van der Waals surface area contributed by atoms with E-state index in [1.165, 1.54) is 12.1 Å². The van der Waals surface area contributed by atoms with E-state index in [2.05, 4.69) is 30.0 Å². The Hall–Kier alpha value is -3.47. The standard InChI is InChI=1S/C28H31FN4O2/c1-31(2)23-13-14-33(17-23)26(19-9-11-22(29)12-10-19)28(34)32(3)18-25-24-8-6-5-7-20(24)15-21(16-30)27(25)35-4/h5-12,15,23,26H,13-14,17-18H2,1-4H3. The van der Waals surface area contributed by atoms with E-state index < -0.39 is 6.04 Å². The lowest BCUT2D eigenvalue weighted by Gasteiger charge is -2.32. The van der Waals surface area contributed by atoms with Crippen molar-refractivity contribution in [1.82, 2.24) is 14.7 Å². The highest BCUT2D eigenvalue weighted by molar-refractivity contribution is 5.91. The van der Waals surface area contributed by atoms with Gasteiger partial charge in [0.1, 0.15) is 23.7 Å². The van der Waals surface area contributed by atoms with Crippen LogP contribution in [0.25, 0.3) is 10.8 Å². The summed E-state index contributed by atoms with van der Waals surface area (Å²) in [6, 6.07) is 17.9. The average molecular weight is 475 g/mol. The summed E-state index contributed by atoms with van der Waals surface area (Å²) in [5, 5.41) is 11.6. The van der Waals surface area contributed by atoms with Gasteiger partial charge in [0.25, 0.3) is 0 Å². The number of halogens is 1. The number of likely N-dealkylation sites (tertiary alicyclic amines) is 1. The summed E-state index contributed by atoms with van der Waals surface area (Å²) in [4.78, 5) is 20.0. The number of hydrogen-bond donors (Lipinski definition) is 0. The summed E-state index contributed by atoms with van der Waals surface area (Å²) in [6.45, 7) is 1.81. The molecule has 7 heteroatoms. The van der Waals surface area contributed by atoms with E-state index >= 15 is 0 Å². The Kier molecular flexibility index (Phi) is 7.34. The van der Waals surface area contributed by atoms with E-state index in [1.54, 1.807) is 31.2 Å². The van der Waals surface area contributed by atoms with Crippen LogP contribution in [0.3, 0.4) is 0 Å². The van der Waals surface area contributed by atoms with Crippen molar-refractivity contribution < 1.29 is 13.9 Å². The molecular weight excluding hydrogens is 443 g/mol. The second kappa shape index (κ2) is 10.4. The van der Waals surface area contributed by atoms with Crippen LogP contribution in [0.2, 0.25) is 0 Å². The summed E-state index contributed by atoms with van der Waals surface area (Å²) >= 11 is 0. The molecule has 2 unspecified atom stereocenters. The van der Waals surface area contributed by atoms with E-state index in [-0.39, 0.29) is 18.3 Å². The van der Waals surface area contributed by atoms with Crippen LogP contribution in [0.5, 0.6) is 5.75 Å². The Morgan fingerprint density at radius 1 is 1.20 bits per heavy atom. The Morgan fingerprint density at radius 2 is 1.91 bits per heavy atom. The highest BCUT2D eigenvalue weighted by Crippen LogP contribution is 2.34. The number of hydrogen-bond acceptors (Lipinski definition) is 5. The molecule has 35 heavy (non-hydrogen) atoms. The molecule has 182 valence electrons. The highest BCUT2D eigenvalue weighted by Gasteiger charge is 2.36. The smallest absolute Gasteiger partial charge is 0.244 e. The predicted octanol–water partition coefficient (Wildman–Crippen LogP) is 4.19. The van der Waals surface area contributed by atoms with Crippen LogP contribution in [0, 0.1) is 17.1 Å². The topological polar surface area (TPSA) is 59.8 Å². The molecule has 0 N–H and O–H groups in total. The first kappa shape index (κ1) is 24.6. The lowest BCUT2D eigenvalue weighted by molar-refractivity contribution is -0.136. The van der Waals surface area contributed by atoms with Crippen LogP contribution in [-0.2, 0) is 11.3 Å². The van der Waals surface area contributed by atoms with Crippen molar-refractivity contribution in [2.24, 2.45) is 0 Å². The van der Waals surface area contributed by atoms with Crippen molar-refractivity contribution in [2.75, 3.05) is 41.3 Å². The van der Waals surface area contributed by atoms with Gasteiger partial charge in [-0.2, -0.15) is 5.26 Å². The van der Waals surface area contributed by atoms with Gasteiger partial charge >= 0.3 is 0 Å². The van der Waals surface area contributed by atoms with E-state index in [0.29, 0.717) is 17.4 Å². The first-order valence-corrected chi connectivity index (χ1v) is 11.7. The Morgan fingerprint density at radius 3 is 2.54 bits per heavy atom. The molecular formula is C28H31FN4O2. The van der Waals surface area contributed by atoms with Crippen molar-refractivity contribution in [3.8, 4) is 11.8 Å². The number of fused-ring (bicyclic) bond motifs is 1. The molecule has 3 aromatic rings. The molecule has 0 radical (unpaired) electrons. The SMILES string of the molecule is COc1c(C#N)cc2ccccc2c1CN(C)C(=O)C(c1ccc(F)cc1)N1CCC(N(C)C)C1. The number of rotatable bonds is 7. The number of benzene rings is 3. The van der Waals surface area contributed by atoms with E-state index in [0.717, 1.165) is 41.4 Å². The average Bonchev–Trinajstić information content (AvgIpc) is 3.35. The van der Waals surface area contributed by atoms with Gasteiger partial charge in [0.05, 0.1) is 12.7 Å². The number of amides is 1. The third-order valence-corrected chi connectivity index (χ3v) is 6.91. The molecule has 2 atom stereocenters. The van der Waals surface area contributed by atoms with Crippen LogP contribution < -0.4 is 4.74 Å². The third kappa shape index (κ3) is 5.00. The van der Waals surface area contributed by atoms with Crippen LogP contribution in [0.4, 0.5) is 4.39 Å². The zero-order valence-corrected chi connectivity index (χ0v) is 20.7. The zero-order chi connectivity index (χ0) is 25.1. The van der Waals surface area contributed by atoms with Crippen molar-refractivity contribution in [3.05, 3.63) is 77.1 Å². The number of nitriles is 1. The van der Waals surface area contributed by atoms with Gasteiger partial charge in [-0.25, -0.2) is 4.39 Å². The van der Waals surface area contributed by atoms with Crippen LogP contribution in [0.15, 0.2) is 54.6 Å². The fourth-order valence-corrected chi connectivity index (χ4v) is 4.98. The molecule has 4 rings (SSSR count). The van der Waals surface area contributed by atoms with Crippen molar-refractivity contribution >= 4 is 16.7 Å². The fraction of sp³-hybridized carbons (Fsp3) is 0.357. The van der Waals surface area contributed by atoms with Gasteiger partial charge in [-0.1, -0.05) is 36.4 Å². The van der Waals surface area contributed by atoms with Gasteiger partial charge in [0, 0.05) is 38.3 Å². The van der Waals surface area contributed by atoms with E-state index in [9.17, 15) is 14.4 Å². The second-order valence-electron chi connectivity index (χ2n) is 9.32. The molecule has 0 saturated carbocycles. The van der Waals surface area contributed by atoms with Crippen LogP contribution in [0.1, 0.15) is 29.2 Å². The summed E-state index contributed by atoms with van der Waals surface area (Å²) in [5.41, 5.74) is 2.00. The maximum Gasteiger partial charge on any atom is 0.244 e. The summed E-state index contributed by atoms with van der Waals surface area (Å²) in [5.74, 6) is 0.0768.